The number of ether oxygens (including phenoxy) is 1. The van der Waals surface area contributed by atoms with Gasteiger partial charge in [-0.1, -0.05) is 5.92 Å². The molecule has 2 atom stereocenters. The van der Waals surface area contributed by atoms with E-state index in [0.29, 0.717) is 0 Å². The van der Waals surface area contributed by atoms with Crippen LogP contribution in [-0.2, 0) is 14.4 Å². The molecule has 0 spiro atoms. The van der Waals surface area contributed by atoms with Crippen molar-refractivity contribution in [3.8, 4) is 12.3 Å². The molecule has 1 aliphatic rings. The highest BCUT2D eigenvalue weighted by Crippen LogP contribution is 2.27. The van der Waals surface area contributed by atoms with Crippen LogP contribution < -0.4 is 11.2 Å². The quantitative estimate of drug-likeness (QED) is 0.580. The Morgan fingerprint density at radius 2 is 2.33 bits per heavy atom. The number of aromatic amines is 1. The van der Waals surface area contributed by atoms with Crippen molar-refractivity contribution in [3.05, 3.63) is 32.6 Å². The van der Waals surface area contributed by atoms with E-state index >= 15 is 0 Å². The number of rotatable bonds is 3. The van der Waals surface area contributed by atoms with Crippen LogP contribution in [0.4, 0.5) is 0 Å². The van der Waals surface area contributed by atoms with Gasteiger partial charge in [0.05, 0.1) is 6.61 Å². The van der Waals surface area contributed by atoms with E-state index in [1.54, 1.807) is 14.0 Å². The molecular formula is C13H15N3O5. The fourth-order valence-electron chi connectivity index (χ4n) is 2.10. The fourth-order valence-corrected chi connectivity index (χ4v) is 2.10. The summed E-state index contributed by atoms with van der Waals surface area (Å²) in [6.07, 6.45) is 5.92. The van der Waals surface area contributed by atoms with Crippen LogP contribution in [0.25, 0.3) is 0 Å². The molecular weight excluding hydrogens is 278 g/mol. The maximum Gasteiger partial charge on any atom is 0.330 e. The van der Waals surface area contributed by atoms with Crippen molar-refractivity contribution in [2.75, 3.05) is 13.7 Å². The molecule has 1 fully saturated rings. The summed E-state index contributed by atoms with van der Waals surface area (Å²) in [4.78, 5) is 42.6. The summed E-state index contributed by atoms with van der Waals surface area (Å²) < 4.78 is 6.10. The molecule has 2 heterocycles. The minimum absolute atomic E-state index is 0.0143. The highest BCUT2D eigenvalue weighted by Gasteiger charge is 2.38. The molecule has 1 aliphatic heterocycles. The third-order valence-corrected chi connectivity index (χ3v) is 3.14. The van der Waals surface area contributed by atoms with Crippen LogP contribution in [0.15, 0.2) is 15.8 Å². The maximum atomic E-state index is 11.8. The Morgan fingerprint density at radius 3 is 2.95 bits per heavy atom. The summed E-state index contributed by atoms with van der Waals surface area (Å²) in [5, 5.41) is 1.33. The maximum absolute atomic E-state index is 11.8. The molecule has 2 unspecified atom stereocenters. The normalized spacial score (nSPS) is 22.0. The van der Waals surface area contributed by atoms with Crippen LogP contribution in [0.5, 0.6) is 0 Å². The van der Waals surface area contributed by atoms with E-state index in [-0.39, 0.29) is 18.6 Å². The first kappa shape index (κ1) is 15.0. The van der Waals surface area contributed by atoms with Crippen LogP contribution in [-0.4, -0.2) is 40.3 Å². The molecule has 8 nitrogen and oxygen atoms in total. The van der Waals surface area contributed by atoms with E-state index in [9.17, 15) is 14.4 Å². The molecule has 112 valence electrons. The number of hydrogen-bond acceptors (Lipinski definition) is 6. The summed E-state index contributed by atoms with van der Waals surface area (Å²) in [7, 11) is 1.57. The number of hydroxylamine groups is 2. The number of nitrogens with zero attached hydrogens (tertiary/aromatic N) is 2. The Labute approximate surface area is 120 Å². The lowest BCUT2D eigenvalue weighted by atomic mass is 10.2. The van der Waals surface area contributed by atoms with Crippen LogP contribution >= 0.6 is 0 Å². The Hall–Kier alpha value is -2.37. The first-order valence-corrected chi connectivity index (χ1v) is 6.36. The number of nitrogens with one attached hydrogen (secondary N) is 1. The fraction of sp³-hybridized carbons (Fsp3) is 0.462. The van der Waals surface area contributed by atoms with Gasteiger partial charge in [-0.2, -0.15) is 5.06 Å². The van der Waals surface area contributed by atoms with Crippen molar-refractivity contribution in [1.29, 1.82) is 0 Å². The zero-order valence-electron chi connectivity index (χ0n) is 11.7. The van der Waals surface area contributed by atoms with Crippen LogP contribution in [0.2, 0.25) is 0 Å². The molecule has 0 radical (unpaired) electrons. The predicted molar refractivity (Wildman–Crippen MR) is 72.2 cm³/mol. The molecule has 21 heavy (non-hydrogen) atoms. The van der Waals surface area contributed by atoms with Crippen LogP contribution in [0, 0.1) is 12.3 Å². The van der Waals surface area contributed by atoms with Gasteiger partial charge < -0.3 is 4.74 Å². The molecule has 0 saturated carbocycles. The molecule has 1 aromatic heterocycles. The Kier molecular flexibility index (Phi) is 4.26. The molecule has 1 aromatic rings. The number of aromatic nitrogens is 2. The lowest BCUT2D eigenvalue weighted by Gasteiger charge is -2.15. The number of H-pyrrole nitrogens is 1. The van der Waals surface area contributed by atoms with Gasteiger partial charge in [0.25, 0.3) is 5.56 Å². The lowest BCUT2D eigenvalue weighted by Crippen LogP contribution is -2.33. The van der Waals surface area contributed by atoms with Crippen molar-refractivity contribution in [2.45, 2.75) is 25.6 Å². The second-order valence-corrected chi connectivity index (χ2v) is 4.46. The van der Waals surface area contributed by atoms with Gasteiger partial charge in [0.15, 0.2) is 6.23 Å². The van der Waals surface area contributed by atoms with E-state index in [1.165, 1.54) is 11.3 Å². The van der Waals surface area contributed by atoms with Gasteiger partial charge in [-0.3, -0.25) is 24.0 Å². The zero-order valence-corrected chi connectivity index (χ0v) is 11.7. The second kappa shape index (κ2) is 5.95. The Bertz CT molecular complexity index is 699. The lowest BCUT2D eigenvalue weighted by molar-refractivity contribution is -0.182. The molecule has 0 aromatic carbocycles. The average Bonchev–Trinajstić information content (AvgIpc) is 2.81. The van der Waals surface area contributed by atoms with E-state index in [0.717, 1.165) is 4.57 Å². The standard InChI is InChI=1S/C13H15N3O5/c1-4-8-7-16(13(19)14-11(8)17)10-6-9(15(3)21-10)12(18)20-5-2/h1,7,9-10H,5-6H2,2-3H3,(H,14,17,19). The largest absolute Gasteiger partial charge is 0.465 e. The van der Waals surface area contributed by atoms with Crippen molar-refractivity contribution >= 4 is 5.97 Å². The number of terminal acetylenes is 1. The smallest absolute Gasteiger partial charge is 0.330 e. The summed E-state index contributed by atoms with van der Waals surface area (Å²) in [6, 6.07) is -0.622. The van der Waals surface area contributed by atoms with Gasteiger partial charge in [-0.25, -0.2) is 4.79 Å². The summed E-state index contributed by atoms with van der Waals surface area (Å²) in [5.41, 5.74) is -1.27. The first-order valence-electron chi connectivity index (χ1n) is 6.36. The van der Waals surface area contributed by atoms with E-state index < -0.39 is 29.5 Å². The van der Waals surface area contributed by atoms with Gasteiger partial charge in [0, 0.05) is 19.7 Å². The number of likely N-dealkylation sites (N-methyl/N-ethyl adjacent to an activating group) is 1. The average molecular weight is 293 g/mol. The minimum Gasteiger partial charge on any atom is -0.465 e. The monoisotopic (exact) mass is 293 g/mol. The molecule has 0 aliphatic carbocycles. The van der Waals surface area contributed by atoms with Crippen molar-refractivity contribution in [2.24, 2.45) is 0 Å². The summed E-state index contributed by atoms with van der Waals surface area (Å²) >= 11 is 0. The van der Waals surface area contributed by atoms with Gasteiger partial charge >= 0.3 is 11.7 Å². The molecule has 1 N–H and O–H groups in total. The predicted octanol–water partition coefficient (Wildman–Crippen LogP) is -0.785. The van der Waals surface area contributed by atoms with Crippen LogP contribution in [0.3, 0.4) is 0 Å². The molecule has 1 saturated heterocycles. The first-order chi connectivity index (χ1) is 9.97. The second-order valence-electron chi connectivity index (χ2n) is 4.46. The van der Waals surface area contributed by atoms with Gasteiger partial charge in [0.1, 0.15) is 11.6 Å². The van der Waals surface area contributed by atoms with E-state index in [1.807, 2.05) is 0 Å². The topological polar surface area (TPSA) is 93.6 Å². The Balaban J connectivity index is 2.29. The molecule has 2 rings (SSSR count). The highest BCUT2D eigenvalue weighted by molar-refractivity contribution is 5.75. The van der Waals surface area contributed by atoms with Gasteiger partial charge in [0.2, 0.25) is 0 Å². The third-order valence-electron chi connectivity index (χ3n) is 3.14. The number of hydrogen-bond donors (Lipinski definition) is 1. The third kappa shape index (κ3) is 2.89. The number of carbonyl (C=O) groups is 1. The zero-order chi connectivity index (χ0) is 15.6. The highest BCUT2D eigenvalue weighted by atomic mass is 16.7. The number of esters is 1. The van der Waals surface area contributed by atoms with Gasteiger partial charge in [-0.15, -0.1) is 6.42 Å². The minimum atomic E-state index is -0.735. The SMILES string of the molecule is C#Cc1cn(C2CC(C(=O)OCC)N(C)O2)c(=O)[nH]c1=O. The van der Waals surface area contributed by atoms with Crippen molar-refractivity contribution in [1.82, 2.24) is 14.6 Å². The molecule has 0 amide bonds. The summed E-state index contributed by atoms with van der Waals surface area (Å²) in [6.45, 7) is 1.96. The Morgan fingerprint density at radius 1 is 1.62 bits per heavy atom. The van der Waals surface area contributed by atoms with E-state index in [4.69, 9.17) is 16.0 Å². The molecule has 8 heteroatoms. The number of carbonyl (C=O) groups excluding carboxylic acids is 1. The molecule has 0 bridgehead atoms. The van der Waals surface area contributed by atoms with Crippen molar-refractivity contribution in [3.63, 3.8) is 0 Å². The van der Waals surface area contributed by atoms with Crippen molar-refractivity contribution < 1.29 is 14.4 Å². The van der Waals surface area contributed by atoms with E-state index in [2.05, 4.69) is 10.9 Å². The van der Waals surface area contributed by atoms with Crippen LogP contribution in [0.1, 0.15) is 25.1 Å². The van der Waals surface area contributed by atoms with Gasteiger partial charge in [-0.05, 0) is 6.92 Å². The summed E-state index contributed by atoms with van der Waals surface area (Å²) in [5.74, 6) is 1.75.